The van der Waals surface area contributed by atoms with Crippen LogP contribution in [0.1, 0.15) is 18.4 Å². The number of aliphatic hydroxyl groups is 1. The van der Waals surface area contributed by atoms with Crippen LogP contribution in [-0.4, -0.2) is 72.4 Å². The third-order valence-electron chi connectivity index (χ3n) is 5.03. The molecule has 0 bridgehead atoms. The van der Waals surface area contributed by atoms with Crippen molar-refractivity contribution < 1.29 is 19.0 Å². The van der Waals surface area contributed by atoms with E-state index >= 15 is 0 Å². The summed E-state index contributed by atoms with van der Waals surface area (Å²) in [6.45, 7) is 2.97. The Morgan fingerprint density at radius 2 is 2.04 bits per heavy atom. The first-order valence-corrected chi connectivity index (χ1v) is 8.52. The Bertz CT molecular complexity index is 587. The van der Waals surface area contributed by atoms with Crippen molar-refractivity contribution in [3.8, 4) is 0 Å². The van der Waals surface area contributed by atoms with E-state index in [4.69, 9.17) is 4.74 Å². The van der Waals surface area contributed by atoms with Crippen molar-refractivity contribution in [3.05, 3.63) is 35.6 Å². The van der Waals surface area contributed by atoms with E-state index in [1.807, 2.05) is 7.05 Å². The lowest BCUT2D eigenvalue weighted by Gasteiger charge is -2.40. The molecule has 1 atom stereocenters. The smallest absolute Gasteiger partial charge is 0.253 e. The number of benzene rings is 1. The highest BCUT2D eigenvalue weighted by molar-refractivity contribution is 5.81. The van der Waals surface area contributed by atoms with Crippen LogP contribution in [0.3, 0.4) is 0 Å². The summed E-state index contributed by atoms with van der Waals surface area (Å²) in [6, 6.07) is 6.54. The number of likely N-dealkylation sites (tertiary alicyclic amines) is 1. The Morgan fingerprint density at radius 1 is 1.33 bits per heavy atom. The van der Waals surface area contributed by atoms with E-state index in [-0.39, 0.29) is 18.1 Å². The molecule has 0 aromatic heterocycles. The number of ether oxygens (including phenoxy) is 1. The summed E-state index contributed by atoms with van der Waals surface area (Å²) in [5, 5.41) is 10.8. The number of rotatable bonds is 3. The Kier molecular flexibility index (Phi) is 5.18. The molecule has 2 saturated heterocycles. The summed E-state index contributed by atoms with van der Waals surface area (Å²) < 4.78 is 19.4. The molecule has 1 aromatic rings. The Morgan fingerprint density at radius 3 is 2.71 bits per heavy atom. The Labute approximate surface area is 142 Å². The summed E-state index contributed by atoms with van der Waals surface area (Å²) >= 11 is 0. The highest BCUT2D eigenvalue weighted by Crippen LogP contribution is 2.28. The summed E-state index contributed by atoms with van der Waals surface area (Å²) in [7, 11) is 1.98. The molecule has 132 valence electrons. The van der Waals surface area contributed by atoms with E-state index in [9.17, 15) is 14.3 Å². The van der Waals surface area contributed by atoms with E-state index in [1.54, 1.807) is 23.1 Å². The van der Waals surface area contributed by atoms with Gasteiger partial charge >= 0.3 is 0 Å². The number of hydrogen-bond acceptors (Lipinski definition) is 4. The highest BCUT2D eigenvalue weighted by atomic mass is 19.1. The van der Waals surface area contributed by atoms with Gasteiger partial charge in [0.05, 0.1) is 12.2 Å². The number of piperidine rings is 1. The second kappa shape index (κ2) is 7.17. The van der Waals surface area contributed by atoms with Crippen LogP contribution in [0, 0.1) is 5.82 Å². The van der Waals surface area contributed by atoms with Gasteiger partial charge in [-0.05, 0) is 31.5 Å². The number of halogens is 1. The van der Waals surface area contributed by atoms with Gasteiger partial charge in [0, 0.05) is 32.6 Å². The maximum Gasteiger partial charge on any atom is 0.253 e. The lowest BCUT2D eigenvalue weighted by Crippen LogP contribution is -2.54. The fourth-order valence-electron chi connectivity index (χ4n) is 3.45. The summed E-state index contributed by atoms with van der Waals surface area (Å²) in [4.78, 5) is 16.4. The summed E-state index contributed by atoms with van der Waals surface area (Å²) in [5.74, 6) is -0.294. The second-order valence-electron chi connectivity index (χ2n) is 6.94. The molecule has 3 rings (SSSR count). The number of nitrogens with zero attached hydrogens (tertiary/aromatic N) is 2. The van der Waals surface area contributed by atoms with Gasteiger partial charge in [0.2, 0.25) is 0 Å². The highest BCUT2D eigenvalue weighted by Gasteiger charge is 2.37. The normalized spacial score (nSPS) is 24.8. The van der Waals surface area contributed by atoms with Crippen molar-refractivity contribution in [2.75, 3.05) is 39.8 Å². The number of likely N-dealkylation sites (N-methyl/N-ethyl adjacent to an activating group) is 1. The molecule has 0 spiro atoms. The zero-order valence-electron chi connectivity index (χ0n) is 14.1. The van der Waals surface area contributed by atoms with Crippen molar-refractivity contribution >= 4 is 5.91 Å². The molecule has 5 nitrogen and oxygen atoms in total. The van der Waals surface area contributed by atoms with Crippen molar-refractivity contribution in [2.24, 2.45) is 0 Å². The van der Waals surface area contributed by atoms with Crippen molar-refractivity contribution in [1.29, 1.82) is 0 Å². The SMILES string of the molecule is CN1CCOC(C(=O)N2CCC(O)(Cc3ccccc3F)CC2)C1. The van der Waals surface area contributed by atoms with E-state index in [0.717, 1.165) is 6.54 Å². The molecule has 2 heterocycles. The average molecular weight is 336 g/mol. The minimum Gasteiger partial charge on any atom is -0.389 e. The zero-order chi connectivity index (χ0) is 17.2. The van der Waals surface area contributed by atoms with Crippen LogP contribution in [0.25, 0.3) is 0 Å². The van der Waals surface area contributed by atoms with Gasteiger partial charge in [-0.3, -0.25) is 4.79 Å². The van der Waals surface area contributed by atoms with Crippen LogP contribution in [0.2, 0.25) is 0 Å². The van der Waals surface area contributed by atoms with Gasteiger partial charge in [0.25, 0.3) is 5.91 Å². The van der Waals surface area contributed by atoms with Gasteiger partial charge in [-0.15, -0.1) is 0 Å². The van der Waals surface area contributed by atoms with E-state index in [0.29, 0.717) is 44.6 Å². The fourth-order valence-corrected chi connectivity index (χ4v) is 3.45. The lowest BCUT2D eigenvalue weighted by atomic mass is 9.85. The van der Waals surface area contributed by atoms with Crippen molar-refractivity contribution in [3.63, 3.8) is 0 Å². The lowest BCUT2D eigenvalue weighted by molar-refractivity contribution is -0.152. The third-order valence-corrected chi connectivity index (χ3v) is 5.03. The predicted molar refractivity (Wildman–Crippen MR) is 88.1 cm³/mol. The van der Waals surface area contributed by atoms with Crippen LogP contribution >= 0.6 is 0 Å². The molecule has 24 heavy (non-hydrogen) atoms. The summed E-state index contributed by atoms with van der Waals surface area (Å²) in [6.07, 6.45) is 0.775. The van der Waals surface area contributed by atoms with Crippen LogP contribution < -0.4 is 0 Å². The molecule has 0 radical (unpaired) electrons. The van der Waals surface area contributed by atoms with Crippen LogP contribution in [0.5, 0.6) is 0 Å². The van der Waals surface area contributed by atoms with Gasteiger partial charge in [-0.2, -0.15) is 0 Å². The minimum absolute atomic E-state index is 0.00510. The number of amides is 1. The molecular formula is C18H25FN2O3. The molecule has 1 unspecified atom stereocenters. The molecule has 2 aliphatic rings. The number of morpholine rings is 1. The number of carbonyl (C=O) groups is 1. The minimum atomic E-state index is -0.955. The van der Waals surface area contributed by atoms with E-state index < -0.39 is 11.7 Å². The monoisotopic (exact) mass is 336 g/mol. The van der Waals surface area contributed by atoms with Crippen molar-refractivity contribution in [2.45, 2.75) is 31.0 Å². The predicted octanol–water partition coefficient (Wildman–Crippen LogP) is 1.05. The molecule has 1 N–H and O–H groups in total. The largest absolute Gasteiger partial charge is 0.389 e. The third kappa shape index (κ3) is 3.94. The molecule has 2 fully saturated rings. The molecule has 2 aliphatic heterocycles. The van der Waals surface area contributed by atoms with E-state index in [1.165, 1.54) is 6.07 Å². The van der Waals surface area contributed by atoms with Gasteiger partial charge in [0.1, 0.15) is 11.9 Å². The van der Waals surface area contributed by atoms with E-state index in [2.05, 4.69) is 4.90 Å². The van der Waals surface area contributed by atoms with Crippen molar-refractivity contribution in [1.82, 2.24) is 9.80 Å². The van der Waals surface area contributed by atoms with Crippen LogP contribution in [0.15, 0.2) is 24.3 Å². The average Bonchev–Trinajstić information content (AvgIpc) is 2.57. The maximum atomic E-state index is 13.8. The standard InChI is InChI=1S/C18H25FN2O3/c1-20-10-11-24-16(13-20)17(22)21-8-6-18(23,7-9-21)12-14-4-2-3-5-15(14)19/h2-5,16,23H,6-13H2,1H3. The first-order valence-electron chi connectivity index (χ1n) is 8.52. The molecule has 1 aromatic carbocycles. The van der Waals surface area contributed by atoms with Gasteiger partial charge in [0.15, 0.2) is 0 Å². The van der Waals surface area contributed by atoms with Crippen LogP contribution in [-0.2, 0) is 16.0 Å². The molecule has 0 saturated carbocycles. The second-order valence-corrected chi connectivity index (χ2v) is 6.94. The quantitative estimate of drug-likeness (QED) is 0.897. The Balaban J connectivity index is 1.56. The van der Waals surface area contributed by atoms with Gasteiger partial charge in [-0.1, -0.05) is 18.2 Å². The first kappa shape index (κ1) is 17.3. The molecule has 0 aliphatic carbocycles. The maximum absolute atomic E-state index is 13.8. The van der Waals surface area contributed by atoms with Gasteiger partial charge in [-0.25, -0.2) is 4.39 Å². The zero-order valence-corrected chi connectivity index (χ0v) is 14.1. The summed E-state index contributed by atoms with van der Waals surface area (Å²) in [5.41, 5.74) is -0.430. The molecule has 6 heteroatoms. The Hall–Kier alpha value is -1.50. The number of carbonyl (C=O) groups excluding carboxylic acids is 1. The molecular weight excluding hydrogens is 311 g/mol. The van der Waals surface area contributed by atoms with Crippen LogP contribution in [0.4, 0.5) is 4.39 Å². The molecule has 1 amide bonds. The fraction of sp³-hybridized carbons (Fsp3) is 0.611. The number of hydrogen-bond donors (Lipinski definition) is 1. The first-order chi connectivity index (χ1) is 11.5. The topological polar surface area (TPSA) is 53.0 Å². The van der Waals surface area contributed by atoms with Gasteiger partial charge < -0.3 is 19.6 Å².